The summed E-state index contributed by atoms with van der Waals surface area (Å²) in [5.74, 6) is 5.19. The molecule has 13 atom stereocenters. The van der Waals surface area contributed by atoms with Gasteiger partial charge in [0, 0.05) is 31.5 Å². The van der Waals surface area contributed by atoms with E-state index in [9.17, 15) is 15.0 Å². The molecule has 4 saturated carbocycles. The molecule has 174 valence electrons. The van der Waals surface area contributed by atoms with Gasteiger partial charge in [-0.2, -0.15) is 0 Å². The van der Waals surface area contributed by atoms with Crippen LogP contribution < -0.4 is 0 Å². The lowest BCUT2D eigenvalue weighted by Gasteiger charge is -2.57. The van der Waals surface area contributed by atoms with Crippen LogP contribution in [0.1, 0.15) is 72.1 Å². The van der Waals surface area contributed by atoms with Gasteiger partial charge in [0.05, 0.1) is 12.2 Å². The first-order chi connectivity index (χ1) is 14.8. The number of carbonyl (C=O) groups is 1. The lowest BCUT2D eigenvalue weighted by atomic mass is 9.51. The molecule has 0 aromatic heterocycles. The molecule has 0 radical (unpaired) electrons. The molecule has 2 N–H and O–H groups in total. The number of Topliss-reactive ketones (excluding diaryl/α,β-unsaturated/α-hetero) is 1. The molecule has 31 heavy (non-hydrogen) atoms. The van der Waals surface area contributed by atoms with Crippen molar-refractivity contribution in [2.75, 3.05) is 13.1 Å². The lowest BCUT2D eigenvalue weighted by molar-refractivity contribution is -0.147. The van der Waals surface area contributed by atoms with Crippen LogP contribution >= 0.6 is 0 Å². The van der Waals surface area contributed by atoms with Gasteiger partial charge in [0.15, 0.2) is 0 Å². The number of nitrogens with zero attached hydrogens (tertiary/aromatic N) is 1. The van der Waals surface area contributed by atoms with Gasteiger partial charge in [-0.05, 0) is 97.7 Å². The predicted molar refractivity (Wildman–Crippen MR) is 120 cm³/mol. The third kappa shape index (κ3) is 2.99. The number of aliphatic hydroxyl groups excluding tert-OH is 2. The summed E-state index contributed by atoms with van der Waals surface area (Å²) in [4.78, 5) is 16.1. The summed E-state index contributed by atoms with van der Waals surface area (Å²) in [6.45, 7) is 9.62. The minimum Gasteiger partial charge on any atom is -0.393 e. The van der Waals surface area contributed by atoms with Crippen LogP contribution in [0.2, 0.25) is 0 Å². The number of hydrogen-bond donors (Lipinski definition) is 2. The Balaban J connectivity index is 1.31. The molecule has 6 rings (SSSR count). The third-order valence-electron chi connectivity index (χ3n) is 11.8. The van der Waals surface area contributed by atoms with Gasteiger partial charge in [0.2, 0.25) is 0 Å². The predicted octanol–water partition coefficient (Wildman–Crippen LogP) is 3.74. The largest absolute Gasteiger partial charge is 0.393 e. The molecule has 2 heterocycles. The summed E-state index contributed by atoms with van der Waals surface area (Å²) in [5, 5.41) is 21.7. The average molecular weight is 430 g/mol. The average Bonchev–Trinajstić information content (AvgIpc) is 3.08. The maximum Gasteiger partial charge on any atom is 0.136 e. The number of fused-ring (bicyclic) bond motifs is 8. The summed E-state index contributed by atoms with van der Waals surface area (Å²) in [6.07, 6.45) is 7.62. The van der Waals surface area contributed by atoms with Gasteiger partial charge in [-0.15, -0.1) is 0 Å². The van der Waals surface area contributed by atoms with Crippen LogP contribution in [-0.4, -0.2) is 52.2 Å². The highest BCUT2D eigenvalue weighted by Gasteiger charge is 2.64. The first kappa shape index (κ1) is 21.1. The van der Waals surface area contributed by atoms with Crippen molar-refractivity contribution in [2.45, 2.75) is 90.4 Å². The first-order valence-electron chi connectivity index (χ1n) is 13.4. The molecule has 0 amide bonds. The molecule has 6 fully saturated rings. The van der Waals surface area contributed by atoms with E-state index in [1.54, 1.807) is 0 Å². The normalized spacial score (nSPS) is 59.2. The molecule has 13 unspecified atom stereocenters. The summed E-state index contributed by atoms with van der Waals surface area (Å²) >= 11 is 0. The standard InChI is InChI=1S/C27H43NO3/c1-14-4-5-23-15(2)26-20(13-28(23)12-14)17-9-21-19(18(17)10-25(26)31)11-24(30)22-8-16(29)6-7-27(21,22)3/h14-23,25-26,29,31H,4-13H2,1-3H3. The van der Waals surface area contributed by atoms with Gasteiger partial charge in [-0.3, -0.25) is 9.69 Å². The van der Waals surface area contributed by atoms with Crippen molar-refractivity contribution in [3.63, 3.8) is 0 Å². The van der Waals surface area contributed by atoms with Crippen LogP contribution in [0, 0.1) is 58.7 Å². The van der Waals surface area contributed by atoms with E-state index in [1.807, 2.05) is 0 Å². The highest BCUT2D eigenvalue weighted by atomic mass is 16.3. The van der Waals surface area contributed by atoms with Gasteiger partial charge in [-0.1, -0.05) is 20.8 Å². The monoisotopic (exact) mass is 429 g/mol. The summed E-state index contributed by atoms with van der Waals surface area (Å²) < 4.78 is 0. The molecule has 6 aliphatic rings. The van der Waals surface area contributed by atoms with Crippen molar-refractivity contribution in [1.82, 2.24) is 4.90 Å². The highest BCUT2D eigenvalue weighted by molar-refractivity contribution is 5.83. The summed E-state index contributed by atoms with van der Waals surface area (Å²) in [6, 6.07) is 0.663. The Morgan fingerprint density at radius 1 is 0.935 bits per heavy atom. The Labute approximate surface area is 188 Å². The van der Waals surface area contributed by atoms with E-state index in [-0.39, 0.29) is 23.5 Å². The van der Waals surface area contributed by atoms with Crippen molar-refractivity contribution in [3.05, 3.63) is 0 Å². The summed E-state index contributed by atoms with van der Waals surface area (Å²) in [5.41, 5.74) is 0.0689. The maximum absolute atomic E-state index is 13.3. The van der Waals surface area contributed by atoms with Crippen LogP contribution in [0.4, 0.5) is 0 Å². The minimum absolute atomic E-state index is 0.0657. The zero-order valence-corrected chi connectivity index (χ0v) is 19.7. The van der Waals surface area contributed by atoms with E-state index in [2.05, 4.69) is 25.7 Å². The molecule has 0 aromatic rings. The van der Waals surface area contributed by atoms with Gasteiger partial charge in [-0.25, -0.2) is 0 Å². The number of rotatable bonds is 0. The van der Waals surface area contributed by atoms with Crippen molar-refractivity contribution in [1.29, 1.82) is 0 Å². The second-order valence-corrected chi connectivity index (χ2v) is 13.1. The molecule has 0 aromatic carbocycles. The van der Waals surface area contributed by atoms with Crippen LogP contribution in [0.5, 0.6) is 0 Å². The van der Waals surface area contributed by atoms with Crippen molar-refractivity contribution >= 4 is 5.78 Å². The van der Waals surface area contributed by atoms with Gasteiger partial charge in [0.1, 0.15) is 5.78 Å². The molecular formula is C27H43NO3. The first-order valence-corrected chi connectivity index (χ1v) is 13.4. The molecule has 0 bridgehead atoms. The molecule has 0 spiro atoms. The highest BCUT2D eigenvalue weighted by Crippen LogP contribution is 2.66. The second kappa shape index (κ2) is 7.27. The minimum atomic E-state index is -0.286. The smallest absolute Gasteiger partial charge is 0.136 e. The van der Waals surface area contributed by atoms with Crippen LogP contribution in [0.3, 0.4) is 0 Å². The fourth-order valence-corrected chi connectivity index (χ4v) is 10.4. The van der Waals surface area contributed by atoms with Crippen LogP contribution in [0.25, 0.3) is 0 Å². The van der Waals surface area contributed by atoms with Crippen LogP contribution in [-0.2, 0) is 4.79 Å². The van der Waals surface area contributed by atoms with Crippen molar-refractivity contribution < 1.29 is 15.0 Å². The van der Waals surface area contributed by atoms with E-state index in [4.69, 9.17) is 0 Å². The van der Waals surface area contributed by atoms with E-state index >= 15 is 0 Å². The molecule has 2 aliphatic heterocycles. The Morgan fingerprint density at radius 2 is 1.71 bits per heavy atom. The number of aliphatic hydroxyl groups is 2. The van der Waals surface area contributed by atoms with Gasteiger partial charge < -0.3 is 10.2 Å². The number of hydrogen-bond acceptors (Lipinski definition) is 4. The number of carbonyl (C=O) groups excluding carboxylic acids is 1. The molecule has 4 nitrogen and oxygen atoms in total. The molecular weight excluding hydrogens is 386 g/mol. The Hall–Kier alpha value is -0.450. The molecule has 4 heteroatoms. The second-order valence-electron chi connectivity index (χ2n) is 13.1. The topological polar surface area (TPSA) is 60.8 Å². The maximum atomic E-state index is 13.3. The molecule has 2 saturated heterocycles. The molecule has 4 aliphatic carbocycles. The summed E-state index contributed by atoms with van der Waals surface area (Å²) in [7, 11) is 0. The number of ketones is 1. The van der Waals surface area contributed by atoms with Gasteiger partial charge >= 0.3 is 0 Å². The zero-order valence-electron chi connectivity index (χ0n) is 19.7. The Kier molecular flexibility index (Phi) is 4.95. The van der Waals surface area contributed by atoms with Crippen LogP contribution in [0.15, 0.2) is 0 Å². The Bertz CT molecular complexity index is 740. The fourth-order valence-electron chi connectivity index (χ4n) is 10.4. The SMILES string of the molecule is CC1CCC2C(C)C3C(O)CC4C(CC5C4CC(=O)C4CC(O)CCC45C)C3CN2C1. The third-order valence-corrected chi connectivity index (χ3v) is 11.8. The van der Waals surface area contributed by atoms with Crippen molar-refractivity contribution in [2.24, 2.45) is 58.7 Å². The Morgan fingerprint density at radius 3 is 2.52 bits per heavy atom. The quantitative estimate of drug-likeness (QED) is 0.616. The lowest BCUT2D eigenvalue weighted by Crippen LogP contribution is -2.61. The van der Waals surface area contributed by atoms with E-state index in [0.717, 1.165) is 25.2 Å². The van der Waals surface area contributed by atoms with E-state index in [0.29, 0.717) is 66.1 Å². The van der Waals surface area contributed by atoms with E-state index in [1.165, 1.54) is 32.4 Å². The van der Waals surface area contributed by atoms with Crippen molar-refractivity contribution in [3.8, 4) is 0 Å². The zero-order chi connectivity index (χ0) is 21.7. The van der Waals surface area contributed by atoms with Gasteiger partial charge in [0.25, 0.3) is 0 Å². The fraction of sp³-hybridized carbons (Fsp3) is 0.963. The number of piperidine rings is 2. The van der Waals surface area contributed by atoms with E-state index < -0.39 is 0 Å².